The van der Waals surface area contributed by atoms with Gasteiger partial charge in [-0.15, -0.1) is 0 Å². The van der Waals surface area contributed by atoms with Crippen molar-refractivity contribution in [3.8, 4) is 5.75 Å². The van der Waals surface area contributed by atoms with Crippen molar-refractivity contribution in [3.63, 3.8) is 0 Å². The Labute approximate surface area is 139 Å². The van der Waals surface area contributed by atoms with Gasteiger partial charge in [-0.05, 0) is 47.7 Å². The molecule has 0 spiro atoms. The minimum atomic E-state index is -4.45. The highest BCUT2D eigenvalue weighted by atomic mass is 127. The number of halogens is 4. The summed E-state index contributed by atoms with van der Waals surface area (Å²) in [4.78, 5) is 14.1. The van der Waals surface area contributed by atoms with Crippen LogP contribution < -0.4 is 4.74 Å². The molecule has 8 heteroatoms. The number of morpholine rings is 1. The van der Waals surface area contributed by atoms with E-state index in [0.29, 0.717) is 23.3 Å². The lowest BCUT2D eigenvalue weighted by atomic mass is 10.1. The number of carbonyl (C=O) groups excluding carboxylic acids is 1. The number of alkyl halides is 3. The molecule has 4 nitrogen and oxygen atoms in total. The van der Waals surface area contributed by atoms with Crippen LogP contribution in [0.4, 0.5) is 13.2 Å². The van der Waals surface area contributed by atoms with Crippen LogP contribution in [-0.2, 0) is 4.74 Å². The van der Waals surface area contributed by atoms with E-state index >= 15 is 0 Å². The summed E-state index contributed by atoms with van der Waals surface area (Å²) in [5.74, 6) is -0.392. The van der Waals surface area contributed by atoms with E-state index in [0.717, 1.165) is 0 Å². The first-order chi connectivity index (χ1) is 10.3. The summed E-state index contributed by atoms with van der Waals surface area (Å²) in [5, 5.41) is 0. The summed E-state index contributed by atoms with van der Waals surface area (Å²) in [5.41, 5.74) is 0.138. The van der Waals surface area contributed by atoms with E-state index in [9.17, 15) is 18.0 Å². The Hall–Kier alpha value is -1.03. The lowest BCUT2D eigenvalue weighted by molar-refractivity contribution is -0.153. The predicted molar refractivity (Wildman–Crippen MR) is 82.0 cm³/mol. The maximum Gasteiger partial charge on any atom is 0.422 e. The summed E-state index contributed by atoms with van der Waals surface area (Å²) in [6.45, 7) is 1.65. The molecule has 0 radical (unpaired) electrons. The quantitative estimate of drug-likeness (QED) is 0.694. The lowest BCUT2D eigenvalue weighted by Gasteiger charge is -2.31. The number of ether oxygens (including phenoxy) is 2. The van der Waals surface area contributed by atoms with Crippen molar-refractivity contribution in [1.29, 1.82) is 0 Å². The van der Waals surface area contributed by atoms with E-state index in [1.807, 2.05) is 29.5 Å². The third kappa shape index (κ3) is 4.73. The molecule has 0 aliphatic carbocycles. The van der Waals surface area contributed by atoms with Gasteiger partial charge >= 0.3 is 6.18 Å². The van der Waals surface area contributed by atoms with Crippen molar-refractivity contribution in [2.24, 2.45) is 0 Å². The standard InChI is InChI=1S/C14H15F3INO3/c1-9-7-19(4-5-21-9)13(20)11-3-2-10(18)6-12(11)22-8-14(15,16)17/h2-3,6,9H,4-5,7-8H2,1H3/t9-/m0/s1. The van der Waals surface area contributed by atoms with Gasteiger partial charge in [0.15, 0.2) is 6.61 Å². The smallest absolute Gasteiger partial charge is 0.422 e. The van der Waals surface area contributed by atoms with E-state index < -0.39 is 12.8 Å². The van der Waals surface area contributed by atoms with Gasteiger partial charge in [-0.25, -0.2) is 0 Å². The minimum Gasteiger partial charge on any atom is -0.483 e. The zero-order valence-corrected chi connectivity index (χ0v) is 14.0. The molecule has 1 aromatic carbocycles. The predicted octanol–water partition coefficient (Wildman–Crippen LogP) is 3.09. The minimum absolute atomic E-state index is 0.0478. The molecule has 1 aromatic rings. The normalized spacial score (nSPS) is 19.1. The number of rotatable bonds is 3. The number of hydrogen-bond acceptors (Lipinski definition) is 3. The second kappa shape index (κ2) is 7.03. The fourth-order valence-electron chi connectivity index (χ4n) is 2.13. The van der Waals surface area contributed by atoms with Gasteiger partial charge in [-0.3, -0.25) is 4.79 Å². The van der Waals surface area contributed by atoms with E-state index in [4.69, 9.17) is 9.47 Å². The van der Waals surface area contributed by atoms with Crippen LogP contribution in [0.15, 0.2) is 18.2 Å². The van der Waals surface area contributed by atoms with Crippen molar-refractivity contribution in [2.75, 3.05) is 26.3 Å². The molecule has 1 aliphatic rings. The summed E-state index contributed by atoms with van der Waals surface area (Å²) in [7, 11) is 0. The first-order valence-electron chi connectivity index (χ1n) is 6.66. The molecule has 122 valence electrons. The maximum atomic E-state index is 12.5. The first-order valence-corrected chi connectivity index (χ1v) is 7.74. The second-order valence-electron chi connectivity index (χ2n) is 4.98. The maximum absolute atomic E-state index is 12.5. The van der Waals surface area contributed by atoms with Crippen molar-refractivity contribution < 1.29 is 27.4 Å². The van der Waals surface area contributed by atoms with E-state index in [1.54, 1.807) is 11.0 Å². The third-order valence-electron chi connectivity index (χ3n) is 3.09. The van der Waals surface area contributed by atoms with Gasteiger partial charge in [0.05, 0.1) is 18.3 Å². The molecular formula is C14H15F3INO3. The average molecular weight is 429 g/mol. The van der Waals surface area contributed by atoms with Crippen LogP contribution >= 0.6 is 22.6 Å². The van der Waals surface area contributed by atoms with Crippen molar-refractivity contribution >= 4 is 28.5 Å². The Morgan fingerprint density at radius 2 is 2.23 bits per heavy atom. The lowest BCUT2D eigenvalue weighted by Crippen LogP contribution is -2.44. The van der Waals surface area contributed by atoms with Crippen LogP contribution in [0.5, 0.6) is 5.75 Å². The highest BCUT2D eigenvalue weighted by molar-refractivity contribution is 14.1. The van der Waals surface area contributed by atoms with Gasteiger partial charge < -0.3 is 14.4 Å². The molecular weight excluding hydrogens is 414 g/mol. The molecule has 0 saturated carbocycles. The summed E-state index contributed by atoms with van der Waals surface area (Å²) in [6, 6.07) is 4.59. The van der Waals surface area contributed by atoms with Gasteiger partial charge in [-0.1, -0.05) is 0 Å². The topological polar surface area (TPSA) is 38.8 Å². The molecule has 0 bridgehead atoms. The van der Waals surface area contributed by atoms with Crippen LogP contribution in [0, 0.1) is 3.57 Å². The van der Waals surface area contributed by atoms with Crippen molar-refractivity contribution in [1.82, 2.24) is 4.90 Å². The number of amides is 1. The zero-order valence-electron chi connectivity index (χ0n) is 11.8. The SMILES string of the molecule is C[C@H]1CN(C(=O)c2ccc(I)cc2OCC(F)(F)F)CCO1. The van der Waals surface area contributed by atoms with Gasteiger partial charge in [-0.2, -0.15) is 13.2 Å². The second-order valence-corrected chi connectivity index (χ2v) is 6.22. The van der Waals surface area contributed by atoms with E-state index in [2.05, 4.69) is 0 Å². The molecule has 1 heterocycles. The summed E-state index contributed by atoms with van der Waals surface area (Å²) >= 11 is 1.96. The largest absolute Gasteiger partial charge is 0.483 e. The molecule has 1 saturated heterocycles. The third-order valence-corrected chi connectivity index (χ3v) is 3.76. The molecule has 2 rings (SSSR count). The fourth-order valence-corrected chi connectivity index (χ4v) is 2.59. The molecule has 1 atom stereocenters. The fraction of sp³-hybridized carbons (Fsp3) is 0.500. The Bertz CT molecular complexity index is 551. The number of nitrogens with zero attached hydrogens (tertiary/aromatic N) is 1. The van der Waals surface area contributed by atoms with Crippen LogP contribution in [0.25, 0.3) is 0 Å². The van der Waals surface area contributed by atoms with E-state index in [-0.39, 0.29) is 23.3 Å². The van der Waals surface area contributed by atoms with Crippen LogP contribution in [0.2, 0.25) is 0 Å². The van der Waals surface area contributed by atoms with Gasteiger partial charge in [0.25, 0.3) is 5.91 Å². The molecule has 1 aliphatic heterocycles. The van der Waals surface area contributed by atoms with Crippen LogP contribution in [0.1, 0.15) is 17.3 Å². The molecule has 0 unspecified atom stereocenters. The highest BCUT2D eigenvalue weighted by Crippen LogP contribution is 2.26. The van der Waals surface area contributed by atoms with Crippen molar-refractivity contribution in [3.05, 3.63) is 27.3 Å². The molecule has 1 fully saturated rings. The number of hydrogen-bond donors (Lipinski definition) is 0. The monoisotopic (exact) mass is 429 g/mol. The zero-order chi connectivity index (χ0) is 16.3. The van der Waals surface area contributed by atoms with Gasteiger partial charge in [0.1, 0.15) is 5.75 Å². The molecule has 0 aromatic heterocycles. The molecule has 22 heavy (non-hydrogen) atoms. The summed E-state index contributed by atoms with van der Waals surface area (Å²) in [6.07, 6.45) is -4.55. The average Bonchev–Trinajstić information content (AvgIpc) is 2.44. The summed E-state index contributed by atoms with van der Waals surface area (Å²) < 4.78 is 47.9. The van der Waals surface area contributed by atoms with Crippen LogP contribution in [-0.4, -0.2) is 49.4 Å². The number of carbonyl (C=O) groups is 1. The van der Waals surface area contributed by atoms with Gasteiger partial charge in [0, 0.05) is 16.7 Å². The Balaban J connectivity index is 2.20. The number of benzene rings is 1. The molecule has 0 N–H and O–H groups in total. The Morgan fingerprint density at radius 3 is 2.86 bits per heavy atom. The van der Waals surface area contributed by atoms with E-state index in [1.165, 1.54) is 12.1 Å². The van der Waals surface area contributed by atoms with Crippen LogP contribution in [0.3, 0.4) is 0 Å². The first kappa shape index (κ1) is 17.3. The highest BCUT2D eigenvalue weighted by Gasteiger charge is 2.30. The van der Waals surface area contributed by atoms with Gasteiger partial charge in [0.2, 0.25) is 0 Å². The Kier molecular flexibility index (Phi) is 5.54. The molecule has 1 amide bonds. The van der Waals surface area contributed by atoms with Crippen molar-refractivity contribution in [2.45, 2.75) is 19.2 Å². The Morgan fingerprint density at radius 1 is 1.50 bits per heavy atom.